The molecule has 0 amide bonds. The van der Waals surface area contributed by atoms with E-state index in [4.69, 9.17) is 11.6 Å². The smallest absolute Gasteiger partial charge is 0.150 e. The summed E-state index contributed by atoms with van der Waals surface area (Å²) in [6.07, 6.45) is 1.41. The van der Waals surface area contributed by atoms with Gasteiger partial charge in [0.1, 0.15) is 33.6 Å². The Morgan fingerprint density at radius 1 is 1.38 bits per heavy atom. The summed E-state index contributed by atoms with van der Waals surface area (Å²) >= 11 is 7.97. The molecular weight excluding hydrogens is 410 g/mol. The van der Waals surface area contributed by atoms with E-state index in [1.165, 1.54) is 6.20 Å². The molecule has 2 rings (SSSR count). The van der Waals surface area contributed by atoms with Crippen molar-refractivity contribution in [2.75, 3.05) is 0 Å². The van der Waals surface area contributed by atoms with Crippen molar-refractivity contribution in [2.45, 2.75) is 25.5 Å². The van der Waals surface area contributed by atoms with E-state index in [0.29, 0.717) is 16.3 Å². The number of pyridine rings is 1. The van der Waals surface area contributed by atoms with Crippen molar-refractivity contribution in [1.29, 1.82) is 5.26 Å². The molecule has 0 aliphatic rings. The number of aromatic nitrogens is 1. The van der Waals surface area contributed by atoms with Gasteiger partial charge >= 0.3 is 0 Å². The molecule has 1 heterocycles. The van der Waals surface area contributed by atoms with Gasteiger partial charge in [0.2, 0.25) is 0 Å². The Labute approximate surface area is 158 Å². The second kappa shape index (κ2) is 7.66. The Bertz CT molecular complexity index is 827. The van der Waals surface area contributed by atoms with E-state index < -0.39 is 16.1 Å². The van der Waals surface area contributed by atoms with Crippen molar-refractivity contribution in [2.24, 2.45) is 4.40 Å². The third-order valence-corrected chi connectivity index (χ3v) is 5.11. The van der Waals surface area contributed by atoms with E-state index in [1.807, 2.05) is 51.1 Å². The van der Waals surface area contributed by atoms with Crippen LogP contribution in [-0.2, 0) is 11.4 Å². The zero-order chi connectivity index (χ0) is 17.9. The quantitative estimate of drug-likeness (QED) is 0.531. The van der Waals surface area contributed by atoms with Crippen molar-refractivity contribution < 1.29 is 4.55 Å². The van der Waals surface area contributed by atoms with Crippen molar-refractivity contribution in [3.8, 4) is 6.07 Å². The molecular formula is C17H15BrClN3OS. The first-order valence-corrected chi connectivity index (χ1v) is 9.33. The first-order chi connectivity index (χ1) is 11.2. The molecule has 1 unspecified atom stereocenters. The molecule has 1 aromatic heterocycles. The summed E-state index contributed by atoms with van der Waals surface area (Å²) in [5, 5.41) is 9.74. The van der Waals surface area contributed by atoms with Crippen LogP contribution in [0, 0.1) is 11.3 Å². The van der Waals surface area contributed by atoms with E-state index in [9.17, 15) is 9.81 Å². The molecule has 1 atom stereocenters. The van der Waals surface area contributed by atoms with Crippen LogP contribution in [0.15, 0.2) is 45.4 Å². The van der Waals surface area contributed by atoms with Crippen LogP contribution in [0.3, 0.4) is 0 Å². The Kier molecular flexibility index (Phi) is 6.05. The van der Waals surface area contributed by atoms with Gasteiger partial charge in [-0.1, -0.05) is 44.1 Å². The number of hydrogen-bond donors (Lipinski definition) is 0. The minimum atomic E-state index is -1.50. The fourth-order valence-corrected chi connectivity index (χ4v) is 3.02. The van der Waals surface area contributed by atoms with Crippen LogP contribution in [0.25, 0.3) is 0 Å². The van der Waals surface area contributed by atoms with Crippen molar-refractivity contribution in [3.63, 3.8) is 0 Å². The van der Waals surface area contributed by atoms with Crippen LogP contribution < -0.4 is 0 Å². The van der Waals surface area contributed by atoms with E-state index in [2.05, 4.69) is 25.3 Å². The van der Waals surface area contributed by atoms with Gasteiger partial charge in [-0.2, -0.15) is 5.26 Å². The van der Waals surface area contributed by atoms with Crippen LogP contribution in [0.2, 0.25) is 5.02 Å². The molecule has 0 saturated heterocycles. The number of halogens is 2. The largest absolute Gasteiger partial charge is 0.591 e. The van der Waals surface area contributed by atoms with Crippen LogP contribution in [0.1, 0.15) is 37.6 Å². The lowest BCUT2D eigenvalue weighted by Crippen LogP contribution is -2.27. The molecule has 0 fully saturated rings. The van der Waals surface area contributed by atoms with Crippen LogP contribution in [0.5, 0.6) is 0 Å². The summed E-state index contributed by atoms with van der Waals surface area (Å²) < 4.78 is 17.3. The minimum absolute atomic E-state index is 0.184. The molecule has 0 aliphatic heterocycles. The van der Waals surface area contributed by atoms with E-state index in [1.54, 1.807) is 6.07 Å². The van der Waals surface area contributed by atoms with E-state index in [-0.39, 0.29) is 5.69 Å². The molecule has 0 saturated carbocycles. The van der Waals surface area contributed by atoms with Crippen LogP contribution in [-0.4, -0.2) is 20.0 Å². The Balaban J connectivity index is 2.71. The van der Waals surface area contributed by atoms with Gasteiger partial charge < -0.3 is 4.55 Å². The van der Waals surface area contributed by atoms with Crippen molar-refractivity contribution in [1.82, 2.24) is 4.98 Å². The fourth-order valence-electron chi connectivity index (χ4n) is 1.82. The average molecular weight is 425 g/mol. The molecule has 24 heavy (non-hydrogen) atoms. The molecule has 7 heteroatoms. The first kappa shape index (κ1) is 18.9. The lowest BCUT2D eigenvalue weighted by atomic mass is 10.0. The van der Waals surface area contributed by atoms with Gasteiger partial charge in [-0.25, -0.2) is 4.98 Å². The molecule has 2 aromatic rings. The highest BCUT2D eigenvalue weighted by molar-refractivity contribution is 9.10. The molecule has 0 spiro atoms. The van der Waals surface area contributed by atoms with Gasteiger partial charge in [-0.3, -0.25) is 0 Å². The number of benzene rings is 1. The van der Waals surface area contributed by atoms with Gasteiger partial charge in [0.15, 0.2) is 0 Å². The van der Waals surface area contributed by atoms with Crippen LogP contribution in [0.4, 0.5) is 0 Å². The van der Waals surface area contributed by atoms with Crippen LogP contribution >= 0.6 is 27.5 Å². The SMILES string of the molecule is CC(C)(C)[S+]([O-])N=C(c1cccc(Br)c1)c1cc(Cl)cnc1C#N. The van der Waals surface area contributed by atoms with Crippen molar-refractivity contribution in [3.05, 3.63) is 62.8 Å². The topological polar surface area (TPSA) is 72.1 Å². The van der Waals surface area contributed by atoms with Gasteiger partial charge in [-0.05, 0) is 39.0 Å². The maximum Gasteiger partial charge on any atom is 0.150 e. The van der Waals surface area contributed by atoms with E-state index >= 15 is 0 Å². The standard InChI is InChI=1S/C17H15BrClN3OS/c1-17(2,3)24(23)22-16(11-5-4-6-12(18)7-11)14-8-13(19)10-21-15(14)9-20/h4-8,10H,1-3H3. The number of nitrogens with zero attached hydrogens (tertiary/aromatic N) is 3. The Morgan fingerprint density at radius 3 is 2.67 bits per heavy atom. The molecule has 124 valence electrons. The normalized spacial score (nSPS) is 13.5. The number of hydrogen-bond acceptors (Lipinski definition) is 4. The second-order valence-corrected chi connectivity index (χ2v) is 9.23. The molecule has 0 aliphatic carbocycles. The Morgan fingerprint density at radius 2 is 2.08 bits per heavy atom. The van der Waals surface area contributed by atoms with Gasteiger partial charge in [0, 0.05) is 21.8 Å². The predicted molar refractivity (Wildman–Crippen MR) is 102 cm³/mol. The molecule has 0 N–H and O–H groups in total. The summed E-state index contributed by atoms with van der Waals surface area (Å²) in [5.41, 5.74) is 1.79. The summed E-state index contributed by atoms with van der Waals surface area (Å²) in [6.45, 7) is 5.52. The van der Waals surface area contributed by atoms with Gasteiger partial charge in [0.25, 0.3) is 0 Å². The first-order valence-electron chi connectivity index (χ1n) is 7.05. The second-order valence-electron chi connectivity index (χ2n) is 5.97. The molecule has 1 aromatic carbocycles. The predicted octanol–water partition coefficient (Wildman–Crippen LogP) is 4.67. The lowest BCUT2D eigenvalue weighted by Gasteiger charge is -2.20. The number of rotatable bonds is 3. The summed E-state index contributed by atoms with van der Waals surface area (Å²) in [7, 11) is 0. The molecule has 0 radical (unpaired) electrons. The molecule has 4 nitrogen and oxygen atoms in total. The zero-order valence-corrected chi connectivity index (χ0v) is 16.5. The van der Waals surface area contributed by atoms with Crippen molar-refractivity contribution >= 4 is 44.6 Å². The summed E-state index contributed by atoms with van der Waals surface area (Å²) in [6, 6.07) is 11.1. The Hall–Kier alpha value is -1.39. The van der Waals surface area contributed by atoms with E-state index in [0.717, 1.165) is 10.0 Å². The average Bonchev–Trinajstić information content (AvgIpc) is 2.51. The monoisotopic (exact) mass is 423 g/mol. The number of nitriles is 1. The van der Waals surface area contributed by atoms with Gasteiger partial charge in [0.05, 0.1) is 5.02 Å². The highest BCUT2D eigenvalue weighted by atomic mass is 79.9. The highest BCUT2D eigenvalue weighted by Crippen LogP contribution is 2.24. The highest BCUT2D eigenvalue weighted by Gasteiger charge is 2.28. The summed E-state index contributed by atoms with van der Waals surface area (Å²) in [4.78, 5) is 4.05. The third-order valence-electron chi connectivity index (χ3n) is 3.01. The molecule has 0 bridgehead atoms. The minimum Gasteiger partial charge on any atom is -0.591 e. The zero-order valence-electron chi connectivity index (χ0n) is 13.4. The summed E-state index contributed by atoms with van der Waals surface area (Å²) in [5.74, 6) is 0. The van der Waals surface area contributed by atoms with Gasteiger partial charge in [-0.15, -0.1) is 0 Å². The third kappa shape index (κ3) is 4.58. The fraction of sp³-hybridized carbons (Fsp3) is 0.235. The maximum absolute atomic E-state index is 12.6. The lowest BCUT2D eigenvalue weighted by molar-refractivity contribution is 0.561. The maximum atomic E-state index is 12.6.